The lowest BCUT2D eigenvalue weighted by atomic mass is 10.0. The topological polar surface area (TPSA) is 12.0 Å². The summed E-state index contributed by atoms with van der Waals surface area (Å²) in [6, 6.07) is 1.50. The van der Waals surface area contributed by atoms with E-state index in [1.54, 1.807) is 0 Å². The van der Waals surface area contributed by atoms with Crippen LogP contribution in [0.15, 0.2) is 12.2 Å². The van der Waals surface area contributed by atoms with E-state index < -0.39 is 0 Å². The van der Waals surface area contributed by atoms with Gasteiger partial charge in [0, 0.05) is 12.1 Å². The summed E-state index contributed by atoms with van der Waals surface area (Å²) in [5.74, 6) is 1.00. The van der Waals surface area contributed by atoms with E-state index >= 15 is 0 Å². The third-order valence-corrected chi connectivity index (χ3v) is 3.82. The van der Waals surface area contributed by atoms with Crippen molar-refractivity contribution in [1.82, 2.24) is 5.32 Å². The fraction of sp³-hybridized carbons (Fsp3) is 0.846. The van der Waals surface area contributed by atoms with Gasteiger partial charge in [-0.15, -0.1) is 0 Å². The van der Waals surface area contributed by atoms with Gasteiger partial charge in [0.15, 0.2) is 0 Å². The predicted octanol–water partition coefficient (Wildman–Crippen LogP) is 3.26. The number of nitrogens with one attached hydrogen (secondary N) is 1. The van der Waals surface area contributed by atoms with Crippen molar-refractivity contribution in [2.75, 3.05) is 0 Å². The van der Waals surface area contributed by atoms with E-state index in [1.807, 2.05) is 0 Å². The van der Waals surface area contributed by atoms with Crippen molar-refractivity contribution in [3.8, 4) is 0 Å². The predicted molar refractivity (Wildman–Crippen MR) is 61.3 cm³/mol. The van der Waals surface area contributed by atoms with Crippen molar-refractivity contribution in [2.45, 2.75) is 64.0 Å². The van der Waals surface area contributed by atoms with E-state index in [1.165, 1.54) is 44.9 Å². The van der Waals surface area contributed by atoms with Gasteiger partial charge in [0.1, 0.15) is 0 Å². The zero-order valence-electron chi connectivity index (χ0n) is 9.34. The van der Waals surface area contributed by atoms with Crippen molar-refractivity contribution < 1.29 is 0 Å². The number of hydrogen-bond acceptors (Lipinski definition) is 1. The van der Waals surface area contributed by atoms with Crippen LogP contribution in [-0.4, -0.2) is 12.1 Å². The Balaban J connectivity index is 1.75. The molecule has 1 heteroatoms. The molecule has 0 amide bonds. The summed E-state index contributed by atoms with van der Waals surface area (Å²) in [7, 11) is 0. The van der Waals surface area contributed by atoms with Gasteiger partial charge in [-0.1, -0.05) is 25.5 Å². The molecule has 0 heterocycles. The quantitative estimate of drug-likeness (QED) is 0.678. The van der Waals surface area contributed by atoms with Crippen molar-refractivity contribution in [2.24, 2.45) is 5.92 Å². The molecule has 2 rings (SSSR count). The standard InChI is InChI=1S/C13H23N/c1-2-11-8-9-13(10-11)14-12-6-4-3-5-7-12/h4,6,11-14H,2-3,5,7-10H2,1H3. The van der Waals surface area contributed by atoms with Crippen molar-refractivity contribution in [3.05, 3.63) is 12.2 Å². The van der Waals surface area contributed by atoms with Crippen molar-refractivity contribution in [1.29, 1.82) is 0 Å². The van der Waals surface area contributed by atoms with Crippen molar-refractivity contribution in [3.63, 3.8) is 0 Å². The zero-order valence-corrected chi connectivity index (χ0v) is 9.34. The minimum atomic E-state index is 0.685. The third kappa shape index (κ3) is 2.60. The smallest absolute Gasteiger partial charge is 0.0252 e. The van der Waals surface area contributed by atoms with Crippen LogP contribution in [0.3, 0.4) is 0 Å². The first-order valence-corrected chi connectivity index (χ1v) is 6.31. The summed E-state index contributed by atoms with van der Waals surface area (Å²) in [5, 5.41) is 3.80. The lowest BCUT2D eigenvalue weighted by Gasteiger charge is -2.22. The Kier molecular flexibility index (Phi) is 3.63. The molecule has 0 aliphatic heterocycles. The summed E-state index contributed by atoms with van der Waals surface area (Å²) in [5.41, 5.74) is 0. The second-order valence-corrected chi connectivity index (χ2v) is 4.92. The molecule has 2 aliphatic carbocycles. The Bertz CT molecular complexity index is 197. The van der Waals surface area contributed by atoms with Gasteiger partial charge in [0.25, 0.3) is 0 Å². The van der Waals surface area contributed by atoms with Crippen LogP contribution in [0.5, 0.6) is 0 Å². The maximum absolute atomic E-state index is 3.80. The first kappa shape index (κ1) is 10.2. The fourth-order valence-electron chi connectivity index (χ4n) is 2.85. The molecule has 1 saturated carbocycles. The van der Waals surface area contributed by atoms with Crippen molar-refractivity contribution >= 4 is 0 Å². The van der Waals surface area contributed by atoms with E-state index in [0.717, 1.165) is 12.0 Å². The highest BCUT2D eigenvalue weighted by Gasteiger charge is 2.24. The van der Waals surface area contributed by atoms with Gasteiger partial charge >= 0.3 is 0 Å². The molecule has 0 bridgehead atoms. The van der Waals surface area contributed by atoms with Gasteiger partial charge in [-0.05, 0) is 44.4 Å². The third-order valence-electron chi connectivity index (χ3n) is 3.82. The molecule has 80 valence electrons. The van der Waals surface area contributed by atoms with E-state index in [4.69, 9.17) is 0 Å². The highest BCUT2D eigenvalue weighted by molar-refractivity contribution is 4.99. The SMILES string of the molecule is CCC1CCC(NC2C=CCCC2)C1. The highest BCUT2D eigenvalue weighted by atomic mass is 15.0. The van der Waals surface area contributed by atoms with Crippen LogP contribution in [0.1, 0.15) is 51.9 Å². The first-order valence-electron chi connectivity index (χ1n) is 6.31. The molecule has 0 aromatic heterocycles. The monoisotopic (exact) mass is 193 g/mol. The van der Waals surface area contributed by atoms with Crippen LogP contribution < -0.4 is 5.32 Å². The molecular formula is C13H23N. The highest BCUT2D eigenvalue weighted by Crippen LogP contribution is 2.28. The molecule has 2 aliphatic rings. The van der Waals surface area contributed by atoms with E-state index in [9.17, 15) is 0 Å². The van der Waals surface area contributed by atoms with E-state index in [0.29, 0.717) is 6.04 Å². The molecule has 3 atom stereocenters. The summed E-state index contributed by atoms with van der Waals surface area (Å²) in [6.07, 6.45) is 14.4. The Morgan fingerprint density at radius 1 is 1.29 bits per heavy atom. The molecule has 0 spiro atoms. The molecule has 0 radical (unpaired) electrons. The fourth-order valence-corrected chi connectivity index (χ4v) is 2.85. The second kappa shape index (κ2) is 4.97. The first-order chi connectivity index (χ1) is 6.88. The molecule has 1 N–H and O–H groups in total. The molecule has 1 nitrogen and oxygen atoms in total. The van der Waals surface area contributed by atoms with Crippen LogP contribution in [0.25, 0.3) is 0 Å². The minimum Gasteiger partial charge on any atom is -0.308 e. The maximum atomic E-state index is 3.80. The molecule has 0 saturated heterocycles. The summed E-state index contributed by atoms with van der Waals surface area (Å²) in [6.45, 7) is 2.33. The lowest BCUT2D eigenvalue weighted by molar-refractivity contribution is 0.425. The van der Waals surface area contributed by atoms with Gasteiger partial charge < -0.3 is 5.32 Å². The number of hydrogen-bond donors (Lipinski definition) is 1. The Morgan fingerprint density at radius 2 is 2.21 bits per heavy atom. The minimum absolute atomic E-state index is 0.685. The number of allylic oxidation sites excluding steroid dienone is 1. The largest absolute Gasteiger partial charge is 0.308 e. The van der Waals surface area contributed by atoms with Crippen LogP contribution in [0.4, 0.5) is 0 Å². The molecule has 0 aromatic rings. The molecule has 0 aromatic carbocycles. The summed E-state index contributed by atoms with van der Waals surface area (Å²) < 4.78 is 0. The van der Waals surface area contributed by atoms with Gasteiger partial charge in [-0.3, -0.25) is 0 Å². The van der Waals surface area contributed by atoms with Gasteiger partial charge in [0.05, 0.1) is 0 Å². The van der Waals surface area contributed by atoms with Crippen LogP contribution in [0.2, 0.25) is 0 Å². The molecule has 1 fully saturated rings. The summed E-state index contributed by atoms with van der Waals surface area (Å²) in [4.78, 5) is 0. The average molecular weight is 193 g/mol. The lowest BCUT2D eigenvalue weighted by Crippen LogP contribution is -2.36. The normalized spacial score (nSPS) is 37.6. The average Bonchev–Trinajstić information content (AvgIpc) is 2.67. The van der Waals surface area contributed by atoms with Crippen LogP contribution >= 0.6 is 0 Å². The van der Waals surface area contributed by atoms with Gasteiger partial charge in [0.2, 0.25) is 0 Å². The summed E-state index contributed by atoms with van der Waals surface area (Å²) >= 11 is 0. The Labute approximate surface area is 88.0 Å². The number of rotatable bonds is 3. The maximum Gasteiger partial charge on any atom is 0.0252 e. The molecule has 14 heavy (non-hydrogen) atoms. The second-order valence-electron chi connectivity index (χ2n) is 4.92. The van der Waals surface area contributed by atoms with E-state index in [2.05, 4.69) is 24.4 Å². The van der Waals surface area contributed by atoms with Crippen LogP contribution in [0, 0.1) is 5.92 Å². The van der Waals surface area contributed by atoms with E-state index in [-0.39, 0.29) is 0 Å². The molecule has 3 unspecified atom stereocenters. The van der Waals surface area contributed by atoms with Gasteiger partial charge in [-0.2, -0.15) is 0 Å². The zero-order chi connectivity index (χ0) is 9.80. The van der Waals surface area contributed by atoms with Crippen LogP contribution in [-0.2, 0) is 0 Å². The van der Waals surface area contributed by atoms with Gasteiger partial charge in [-0.25, -0.2) is 0 Å². The Morgan fingerprint density at radius 3 is 2.86 bits per heavy atom. The molecular weight excluding hydrogens is 170 g/mol. The Hall–Kier alpha value is -0.300.